The van der Waals surface area contributed by atoms with Gasteiger partial charge in [0.15, 0.2) is 5.65 Å². The Morgan fingerprint density at radius 2 is 1.67 bits per heavy atom. The van der Waals surface area contributed by atoms with Crippen LogP contribution >= 0.6 is 0 Å². The van der Waals surface area contributed by atoms with Crippen LogP contribution in [0.4, 0.5) is 0 Å². The van der Waals surface area contributed by atoms with Crippen molar-refractivity contribution in [1.82, 2.24) is 14.5 Å². The first kappa shape index (κ1) is 14.6. The number of hydrogen-bond acceptors (Lipinski definition) is 3. The predicted molar refractivity (Wildman–Crippen MR) is 94.0 cm³/mol. The average molecular weight is 319 g/mol. The fourth-order valence-electron chi connectivity index (χ4n) is 3.01. The van der Waals surface area contributed by atoms with E-state index in [1.54, 1.807) is 13.8 Å². The number of aliphatic carboxylic acids is 1. The molecule has 24 heavy (non-hydrogen) atoms. The molecular weight excluding hydrogens is 302 g/mol. The van der Waals surface area contributed by atoms with Gasteiger partial charge in [-0.3, -0.25) is 4.79 Å². The third-order valence-corrected chi connectivity index (χ3v) is 4.39. The standard InChI is InChI=1S/C19H17N3O2/c1-19(2,18(23)24)11-22-15-10-6-3-7-12(15)16-17(22)21-14-9-5-4-8-13(14)20-16/h3-10H,11H2,1-2H3,(H,23,24). The van der Waals surface area contributed by atoms with Gasteiger partial charge in [-0.15, -0.1) is 0 Å². The first-order valence-corrected chi connectivity index (χ1v) is 7.84. The number of carboxylic acids is 1. The molecule has 0 fully saturated rings. The molecule has 2 aromatic carbocycles. The Morgan fingerprint density at radius 1 is 1.04 bits per heavy atom. The lowest BCUT2D eigenvalue weighted by Gasteiger charge is -2.20. The van der Waals surface area contributed by atoms with Gasteiger partial charge in [0, 0.05) is 11.9 Å². The second-order valence-corrected chi connectivity index (χ2v) is 6.68. The van der Waals surface area contributed by atoms with Gasteiger partial charge in [-0.1, -0.05) is 30.3 Å². The van der Waals surface area contributed by atoms with Crippen molar-refractivity contribution in [2.75, 3.05) is 0 Å². The maximum Gasteiger partial charge on any atom is 0.310 e. The quantitative estimate of drug-likeness (QED) is 0.623. The molecule has 0 bridgehead atoms. The molecule has 0 saturated carbocycles. The van der Waals surface area contributed by atoms with Crippen LogP contribution in [0.15, 0.2) is 48.5 Å². The summed E-state index contributed by atoms with van der Waals surface area (Å²) in [6.45, 7) is 3.79. The highest BCUT2D eigenvalue weighted by atomic mass is 16.4. The number of aromatic nitrogens is 3. The Hall–Kier alpha value is -2.95. The highest BCUT2D eigenvalue weighted by molar-refractivity contribution is 6.06. The minimum atomic E-state index is -0.901. The molecule has 0 spiro atoms. The van der Waals surface area contributed by atoms with E-state index in [9.17, 15) is 9.90 Å². The van der Waals surface area contributed by atoms with E-state index in [4.69, 9.17) is 9.97 Å². The highest BCUT2D eigenvalue weighted by Crippen LogP contribution is 2.31. The number of hydrogen-bond donors (Lipinski definition) is 1. The first-order valence-electron chi connectivity index (χ1n) is 7.84. The first-order chi connectivity index (χ1) is 11.5. The van der Waals surface area contributed by atoms with Crippen LogP contribution in [0.1, 0.15) is 13.8 Å². The van der Waals surface area contributed by atoms with E-state index in [1.807, 2.05) is 53.1 Å². The molecule has 1 N–H and O–H groups in total. The zero-order chi connectivity index (χ0) is 16.9. The Labute approximate surface area is 138 Å². The van der Waals surface area contributed by atoms with E-state index < -0.39 is 11.4 Å². The summed E-state index contributed by atoms with van der Waals surface area (Å²) in [5.41, 5.74) is 3.24. The van der Waals surface area contributed by atoms with Gasteiger partial charge in [0.05, 0.1) is 22.0 Å². The highest BCUT2D eigenvalue weighted by Gasteiger charge is 2.29. The number of para-hydroxylation sites is 3. The van der Waals surface area contributed by atoms with Crippen LogP contribution in [0.25, 0.3) is 33.1 Å². The van der Waals surface area contributed by atoms with Gasteiger partial charge in [-0.05, 0) is 32.0 Å². The molecular formula is C19H17N3O2. The molecule has 2 heterocycles. The fourth-order valence-corrected chi connectivity index (χ4v) is 3.01. The molecule has 0 aliphatic heterocycles. The maximum absolute atomic E-state index is 11.6. The molecule has 0 radical (unpaired) electrons. The molecule has 5 heteroatoms. The minimum absolute atomic E-state index is 0.333. The molecule has 0 aliphatic carbocycles. The molecule has 2 aromatic heterocycles. The lowest BCUT2D eigenvalue weighted by Crippen LogP contribution is -2.29. The van der Waals surface area contributed by atoms with Gasteiger partial charge < -0.3 is 9.67 Å². The summed E-state index contributed by atoms with van der Waals surface area (Å²) in [7, 11) is 0. The van der Waals surface area contributed by atoms with Gasteiger partial charge in [-0.25, -0.2) is 9.97 Å². The van der Waals surface area contributed by atoms with Crippen LogP contribution in [0.3, 0.4) is 0 Å². The van der Waals surface area contributed by atoms with Crippen LogP contribution in [0.5, 0.6) is 0 Å². The van der Waals surface area contributed by atoms with E-state index in [0.29, 0.717) is 6.54 Å². The summed E-state index contributed by atoms with van der Waals surface area (Å²) >= 11 is 0. The van der Waals surface area contributed by atoms with Crippen molar-refractivity contribution in [3.8, 4) is 0 Å². The van der Waals surface area contributed by atoms with E-state index in [1.165, 1.54) is 0 Å². The SMILES string of the molecule is CC(C)(Cn1c2ccccc2c2nc3ccccc3nc21)C(=O)O. The van der Waals surface area contributed by atoms with E-state index in [-0.39, 0.29) is 0 Å². The molecule has 0 aliphatic rings. The second kappa shape index (κ2) is 5.03. The third kappa shape index (κ3) is 2.12. The van der Waals surface area contributed by atoms with Crippen LogP contribution in [0.2, 0.25) is 0 Å². The number of nitrogens with zero attached hydrogens (tertiary/aromatic N) is 3. The smallest absolute Gasteiger partial charge is 0.310 e. The van der Waals surface area contributed by atoms with Crippen molar-refractivity contribution in [3.63, 3.8) is 0 Å². The van der Waals surface area contributed by atoms with Gasteiger partial charge in [0.25, 0.3) is 0 Å². The third-order valence-electron chi connectivity index (χ3n) is 4.39. The topological polar surface area (TPSA) is 68.0 Å². The van der Waals surface area contributed by atoms with Crippen molar-refractivity contribution in [2.24, 2.45) is 5.41 Å². The molecule has 120 valence electrons. The summed E-state index contributed by atoms with van der Waals surface area (Å²) < 4.78 is 1.97. The van der Waals surface area contributed by atoms with E-state index in [0.717, 1.165) is 33.1 Å². The monoisotopic (exact) mass is 319 g/mol. The average Bonchev–Trinajstić information content (AvgIpc) is 2.86. The Bertz CT molecular complexity index is 1100. The second-order valence-electron chi connectivity index (χ2n) is 6.68. The number of benzene rings is 2. The van der Waals surface area contributed by atoms with Gasteiger partial charge in [0.2, 0.25) is 0 Å². The van der Waals surface area contributed by atoms with Crippen molar-refractivity contribution in [1.29, 1.82) is 0 Å². The zero-order valence-electron chi connectivity index (χ0n) is 13.5. The summed E-state index contributed by atoms with van der Waals surface area (Å²) in [4.78, 5) is 21.1. The Kier molecular flexibility index (Phi) is 3.06. The van der Waals surface area contributed by atoms with Crippen LogP contribution in [-0.2, 0) is 11.3 Å². The lowest BCUT2D eigenvalue weighted by atomic mass is 9.94. The molecule has 4 rings (SSSR count). The predicted octanol–water partition coefficient (Wildman–Crippen LogP) is 3.85. The number of fused-ring (bicyclic) bond motifs is 4. The summed E-state index contributed by atoms with van der Waals surface area (Å²) in [5.74, 6) is -0.831. The van der Waals surface area contributed by atoms with Crippen LogP contribution < -0.4 is 0 Å². The fraction of sp³-hybridized carbons (Fsp3) is 0.211. The summed E-state index contributed by atoms with van der Waals surface area (Å²) in [5, 5.41) is 10.5. The van der Waals surface area contributed by atoms with Gasteiger partial charge >= 0.3 is 5.97 Å². The van der Waals surface area contributed by atoms with Crippen molar-refractivity contribution < 1.29 is 9.90 Å². The summed E-state index contributed by atoms with van der Waals surface area (Å²) in [6, 6.07) is 15.6. The molecule has 0 unspecified atom stereocenters. The van der Waals surface area contributed by atoms with Crippen LogP contribution in [0, 0.1) is 5.41 Å². The normalized spacial score (nSPS) is 12.2. The number of carbonyl (C=O) groups is 1. The molecule has 0 atom stereocenters. The minimum Gasteiger partial charge on any atom is -0.481 e. The molecule has 4 aromatic rings. The largest absolute Gasteiger partial charge is 0.481 e. The number of carboxylic acid groups (broad SMARTS) is 1. The lowest BCUT2D eigenvalue weighted by molar-refractivity contribution is -0.147. The van der Waals surface area contributed by atoms with Crippen molar-refractivity contribution in [3.05, 3.63) is 48.5 Å². The molecule has 0 saturated heterocycles. The van der Waals surface area contributed by atoms with Crippen molar-refractivity contribution >= 4 is 39.1 Å². The Balaban J connectivity index is 2.09. The van der Waals surface area contributed by atoms with E-state index >= 15 is 0 Å². The summed E-state index contributed by atoms with van der Waals surface area (Å²) in [6.07, 6.45) is 0. The zero-order valence-corrected chi connectivity index (χ0v) is 13.5. The van der Waals surface area contributed by atoms with E-state index in [2.05, 4.69) is 0 Å². The number of rotatable bonds is 3. The maximum atomic E-state index is 11.6. The van der Waals surface area contributed by atoms with Gasteiger partial charge in [-0.2, -0.15) is 0 Å². The Morgan fingerprint density at radius 3 is 2.38 bits per heavy atom. The van der Waals surface area contributed by atoms with Crippen molar-refractivity contribution in [2.45, 2.75) is 20.4 Å². The van der Waals surface area contributed by atoms with Crippen LogP contribution in [-0.4, -0.2) is 25.6 Å². The molecule has 5 nitrogen and oxygen atoms in total. The van der Waals surface area contributed by atoms with Gasteiger partial charge in [0.1, 0.15) is 5.52 Å². The molecule has 0 amide bonds.